The maximum absolute atomic E-state index is 14.1. The van der Waals surface area contributed by atoms with Gasteiger partial charge in [-0.15, -0.1) is 0 Å². The minimum atomic E-state index is -0.0540. The summed E-state index contributed by atoms with van der Waals surface area (Å²) in [5.74, 6) is 3.23. The van der Waals surface area contributed by atoms with Gasteiger partial charge in [-0.25, -0.2) is 4.98 Å². The number of aromatic nitrogens is 3. The molecule has 0 radical (unpaired) electrons. The number of likely N-dealkylation sites (tertiary alicyclic amines) is 2. The summed E-state index contributed by atoms with van der Waals surface area (Å²) < 4.78 is 16.1. The molecule has 3 aliphatic rings. The number of hydrogen-bond acceptors (Lipinski definition) is 6. The van der Waals surface area contributed by atoms with Crippen LogP contribution in [-0.4, -0.2) is 81.7 Å². The number of imidazole rings is 1. The molecule has 8 rings (SSSR count). The lowest BCUT2D eigenvalue weighted by Crippen LogP contribution is -2.51. The number of hydrogen-bond donors (Lipinski definition) is 1. The number of amides is 2. The van der Waals surface area contributed by atoms with Crippen molar-refractivity contribution in [2.45, 2.75) is 58.3 Å². The van der Waals surface area contributed by atoms with Crippen molar-refractivity contribution in [1.82, 2.24) is 23.9 Å². The van der Waals surface area contributed by atoms with Gasteiger partial charge in [0.25, 0.3) is 11.8 Å². The van der Waals surface area contributed by atoms with E-state index < -0.39 is 0 Å². The highest BCUT2D eigenvalue weighted by Gasteiger charge is 2.39. The van der Waals surface area contributed by atoms with Crippen molar-refractivity contribution < 1.29 is 19.1 Å². The maximum atomic E-state index is 14.1. The van der Waals surface area contributed by atoms with Gasteiger partial charge in [-0.3, -0.25) is 9.59 Å². The molecule has 1 saturated carbocycles. The van der Waals surface area contributed by atoms with Gasteiger partial charge in [0.2, 0.25) is 0 Å². The Morgan fingerprint density at radius 1 is 0.860 bits per heavy atom. The summed E-state index contributed by atoms with van der Waals surface area (Å²) in [6.45, 7) is 7.66. The molecule has 5 aromatic rings. The fraction of sp³-hybridized carbons (Fsp3) is 0.425. The van der Waals surface area contributed by atoms with Crippen molar-refractivity contribution in [3.05, 3.63) is 77.9 Å². The van der Waals surface area contributed by atoms with Crippen molar-refractivity contribution in [3.8, 4) is 23.0 Å². The van der Waals surface area contributed by atoms with Gasteiger partial charge in [0.05, 0.1) is 25.4 Å². The van der Waals surface area contributed by atoms with Gasteiger partial charge in [0, 0.05) is 72.8 Å². The molecule has 0 spiro atoms. The molecule has 50 heavy (non-hydrogen) atoms. The molecule has 2 aromatic heterocycles. The Bertz CT molecular complexity index is 2090. The predicted octanol–water partition coefficient (Wildman–Crippen LogP) is 6.06. The summed E-state index contributed by atoms with van der Waals surface area (Å²) in [6, 6.07) is 21.8. The average molecular weight is 675 g/mol. The van der Waals surface area contributed by atoms with E-state index in [1.807, 2.05) is 47.1 Å². The average Bonchev–Trinajstić information content (AvgIpc) is 3.68. The Balaban J connectivity index is 1.19. The van der Waals surface area contributed by atoms with Crippen LogP contribution >= 0.6 is 0 Å². The van der Waals surface area contributed by atoms with E-state index >= 15 is 0 Å². The molecule has 2 unspecified atom stereocenters. The zero-order valence-electron chi connectivity index (χ0n) is 29.3. The second-order valence-corrected chi connectivity index (χ2v) is 14.5. The molecule has 2 aliphatic heterocycles. The molecule has 2 saturated heterocycles. The molecule has 10 heteroatoms. The minimum Gasteiger partial charge on any atom is -0.497 e. The number of benzene rings is 3. The third kappa shape index (κ3) is 5.59. The van der Waals surface area contributed by atoms with E-state index in [2.05, 4.69) is 46.4 Å². The lowest BCUT2D eigenvalue weighted by Gasteiger charge is -2.40. The van der Waals surface area contributed by atoms with E-state index in [0.717, 1.165) is 35.5 Å². The highest BCUT2D eigenvalue weighted by molar-refractivity contribution is 6.00. The summed E-state index contributed by atoms with van der Waals surface area (Å²) in [7, 11) is 3.26. The topological polar surface area (TPSA) is 108 Å². The van der Waals surface area contributed by atoms with Crippen molar-refractivity contribution in [3.63, 3.8) is 0 Å². The fourth-order valence-corrected chi connectivity index (χ4v) is 8.06. The van der Waals surface area contributed by atoms with Crippen molar-refractivity contribution >= 4 is 33.8 Å². The molecule has 1 aliphatic carbocycles. The first kappa shape index (κ1) is 32.4. The molecule has 3 aromatic carbocycles. The first-order valence-electron chi connectivity index (χ1n) is 17.9. The first-order chi connectivity index (χ1) is 24.3. The number of fused-ring (bicyclic) bond motifs is 2. The largest absolute Gasteiger partial charge is 0.497 e. The van der Waals surface area contributed by atoms with Gasteiger partial charge in [0.1, 0.15) is 17.0 Å². The van der Waals surface area contributed by atoms with Gasteiger partial charge in [-0.1, -0.05) is 37.6 Å². The van der Waals surface area contributed by atoms with E-state index in [4.69, 9.17) is 20.2 Å². The highest BCUT2D eigenvalue weighted by atomic mass is 16.5. The molecule has 260 valence electrons. The van der Waals surface area contributed by atoms with Crippen LogP contribution in [0.25, 0.3) is 33.5 Å². The number of carbonyl (C=O) groups excluding carboxylic acids is 2. The monoisotopic (exact) mass is 674 g/mol. The van der Waals surface area contributed by atoms with Crippen LogP contribution in [0.2, 0.25) is 0 Å². The minimum absolute atomic E-state index is 0.00216. The summed E-state index contributed by atoms with van der Waals surface area (Å²) in [6.07, 6.45) is 3.40. The number of nitrogens with zero attached hydrogens (tertiary/aromatic N) is 5. The molecular formula is C40H46N6O4. The first-order valence-corrected chi connectivity index (χ1v) is 17.9. The fourth-order valence-electron chi connectivity index (χ4n) is 8.06. The van der Waals surface area contributed by atoms with Crippen molar-refractivity contribution in [2.24, 2.45) is 23.5 Å². The maximum Gasteiger partial charge on any atom is 0.254 e. The quantitative estimate of drug-likeness (QED) is 0.193. The van der Waals surface area contributed by atoms with Gasteiger partial charge in [0.15, 0.2) is 5.82 Å². The second-order valence-electron chi connectivity index (χ2n) is 14.5. The molecule has 3 atom stereocenters. The number of ether oxygens (including phenoxy) is 2. The van der Waals surface area contributed by atoms with Crippen LogP contribution in [-0.2, 0) is 13.1 Å². The smallest absolute Gasteiger partial charge is 0.254 e. The van der Waals surface area contributed by atoms with Crippen LogP contribution in [0.1, 0.15) is 53.8 Å². The summed E-state index contributed by atoms with van der Waals surface area (Å²) in [5.41, 5.74) is 11.5. The lowest BCUT2D eigenvalue weighted by atomic mass is 9.98. The Hall–Kier alpha value is -4.83. The van der Waals surface area contributed by atoms with Crippen LogP contribution in [0.3, 0.4) is 0 Å². The van der Waals surface area contributed by atoms with Crippen LogP contribution in [0.5, 0.6) is 11.5 Å². The van der Waals surface area contributed by atoms with Crippen molar-refractivity contribution in [2.75, 3.05) is 33.9 Å². The number of rotatable bonds is 10. The number of nitrogens with two attached hydrogens (primary N) is 1. The summed E-state index contributed by atoms with van der Waals surface area (Å²) in [5, 5.41) is 1.17. The van der Waals surface area contributed by atoms with Crippen LogP contribution in [0.4, 0.5) is 0 Å². The van der Waals surface area contributed by atoms with Crippen molar-refractivity contribution in [1.29, 1.82) is 0 Å². The Kier molecular flexibility index (Phi) is 8.29. The van der Waals surface area contributed by atoms with Gasteiger partial charge in [-0.05, 0) is 74.1 Å². The number of carbonyl (C=O) groups is 2. The highest BCUT2D eigenvalue weighted by Crippen LogP contribution is 2.40. The standard InChI is InChI=1S/C40H46N6O4/c1-5-27-23-44(24(2)36(27)41)40(48)30-16-32-37(35(18-30)50-4)46(22-26-19-43(20-26)39(47)29-10-8-11-31(15-29)49-3)38(42-32)34-17-28-9-6-7-12-33(28)45(34)21-25-13-14-25/h6-12,15-18,24-27,36H,5,13-14,19-23,41H2,1-4H3/t24?,27?,36-/m0/s1. The zero-order valence-corrected chi connectivity index (χ0v) is 29.3. The molecule has 3 fully saturated rings. The van der Waals surface area contributed by atoms with Gasteiger partial charge in [-0.2, -0.15) is 0 Å². The summed E-state index contributed by atoms with van der Waals surface area (Å²) in [4.78, 5) is 36.5. The predicted molar refractivity (Wildman–Crippen MR) is 195 cm³/mol. The van der Waals surface area contributed by atoms with Gasteiger partial charge >= 0.3 is 0 Å². The molecule has 0 bridgehead atoms. The number of methoxy groups -OCH3 is 2. The van der Waals surface area contributed by atoms with Crippen LogP contribution in [0, 0.1) is 17.8 Å². The Labute approximate surface area is 292 Å². The molecule has 4 heterocycles. The van der Waals surface area contributed by atoms with E-state index in [9.17, 15) is 9.59 Å². The third-order valence-corrected chi connectivity index (χ3v) is 11.3. The lowest BCUT2D eigenvalue weighted by molar-refractivity contribution is 0.0471. The number of para-hydroxylation sites is 1. The van der Waals surface area contributed by atoms with Crippen LogP contribution in [0.15, 0.2) is 66.7 Å². The van der Waals surface area contributed by atoms with E-state index in [1.165, 1.54) is 23.7 Å². The molecule has 2 N–H and O–H groups in total. The van der Waals surface area contributed by atoms with Crippen LogP contribution < -0.4 is 15.2 Å². The summed E-state index contributed by atoms with van der Waals surface area (Å²) >= 11 is 0. The third-order valence-electron chi connectivity index (χ3n) is 11.3. The zero-order chi connectivity index (χ0) is 34.7. The van der Waals surface area contributed by atoms with E-state index in [1.54, 1.807) is 20.3 Å². The molecule has 2 amide bonds. The van der Waals surface area contributed by atoms with E-state index in [0.29, 0.717) is 54.7 Å². The van der Waals surface area contributed by atoms with E-state index in [-0.39, 0.29) is 35.7 Å². The Morgan fingerprint density at radius 3 is 2.36 bits per heavy atom. The normalized spacial score (nSPS) is 20.9. The van der Waals surface area contributed by atoms with Gasteiger partial charge < -0.3 is 34.1 Å². The Morgan fingerprint density at radius 2 is 1.64 bits per heavy atom. The molecule has 10 nitrogen and oxygen atoms in total. The SMILES string of the molecule is CCC1CN(C(=O)c2cc(OC)c3c(c2)nc(-c2cc4ccccc4n2CC2CC2)n3CC2CN(C(=O)c3cccc(OC)c3)C2)C(C)[C@@H]1N. The molecular weight excluding hydrogens is 628 g/mol. The second kappa shape index (κ2) is 12.8.